The van der Waals surface area contributed by atoms with Crippen molar-refractivity contribution in [3.63, 3.8) is 0 Å². The van der Waals surface area contributed by atoms with Crippen molar-refractivity contribution in [1.82, 2.24) is 9.44 Å². The molecule has 0 aromatic heterocycles. The van der Waals surface area contributed by atoms with Gasteiger partial charge in [0.1, 0.15) is 0 Å². The quantitative estimate of drug-likeness (QED) is 0.559. The molecule has 2 aromatic carbocycles. The number of benzene rings is 2. The van der Waals surface area contributed by atoms with Gasteiger partial charge in [0, 0.05) is 0 Å². The highest BCUT2D eigenvalue weighted by Crippen LogP contribution is 2.35. The van der Waals surface area contributed by atoms with Gasteiger partial charge in [-0.1, -0.05) is 59.7 Å². The fourth-order valence-corrected chi connectivity index (χ4v) is 4.15. The van der Waals surface area contributed by atoms with E-state index >= 15 is 0 Å². The minimum absolute atomic E-state index is 0.195. The minimum atomic E-state index is -6.07. The van der Waals surface area contributed by atoms with Gasteiger partial charge < -0.3 is 0 Å². The number of halogens is 6. The lowest BCUT2D eigenvalue weighted by atomic mass is 9.94. The molecule has 0 aliphatic rings. The Morgan fingerprint density at radius 3 is 1.06 bits per heavy atom. The molecule has 2 N–H and O–H groups in total. The summed E-state index contributed by atoms with van der Waals surface area (Å²) in [6.07, 6.45) is 0. The van der Waals surface area contributed by atoms with E-state index in [0.29, 0.717) is 11.1 Å². The molecule has 2 rings (SSSR count). The van der Waals surface area contributed by atoms with Crippen molar-refractivity contribution in [2.75, 3.05) is 0 Å². The van der Waals surface area contributed by atoms with Crippen molar-refractivity contribution < 1.29 is 43.2 Å². The highest BCUT2D eigenvalue weighted by Gasteiger charge is 2.51. The van der Waals surface area contributed by atoms with E-state index in [2.05, 4.69) is 0 Å². The Kier molecular flexibility index (Phi) is 7.34. The number of aryl methyl sites for hydroxylation is 2. The molecule has 0 aliphatic carbocycles. The maximum Gasteiger partial charge on any atom is 0.511 e. The lowest BCUT2D eigenvalue weighted by Crippen LogP contribution is -2.47. The summed E-state index contributed by atoms with van der Waals surface area (Å²) in [5.74, 6) is 0. The smallest absolute Gasteiger partial charge is 0.203 e. The van der Waals surface area contributed by atoms with Crippen molar-refractivity contribution in [3.8, 4) is 0 Å². The molecule has 178 valence electrons. The van der Waals surface area contributed by atoms with E-state index in [1.807, 2.05) is 0 Å². The molecule has 14 heteroatoms. The first-order chi connectivity index (χ1) is 14.4. The number of hydrogen-bond acceptors (Lipinski definition) is 4. The van der Waals surface area contributed by atoms with Crippen LogP contribution in [0.2, 0.25) is 0 Å². The molecule has 2 atom stereocenters. The zero-order valence-electron chi connectivity index (χ0n) is 16.5. The normalized spacial score (nSPS) is 15.4. The van der Waals surface area contributed by atoms with Gasteiger partial charge in [-0.3, -0.25) is 0 Å². The fourth-order valence-electron chi connectivity index (χ4n) is 2.67. The molecule has 0 heterocycles. The first kappa shape index (κ1) is 26.1. The third kappa shape index (κ3) is 5.99. The summed E-state index contributed by atoms with van der Waals surface area (Å²) in [4.78, 5) is 0. The topological polar surface area (TPSA) is 92.3 Å². The van der Waals surface area contributed by atoms with Crippen LogP contribution in [0.3, 0.4) is 0 Å². The summed E-state index contributed by atoms with van der Waals surface area (Å²) in [5.41, 5.74) is -10.7. The average molecular weight is 504 g/mol. The van der Waals surface area contributed by atoms with E-state index in [-0.39, 0.29) is 11.1 Å². The molecule has 0 spiro atoms. The second-order valence-corrected chi connectivity index (χ2v) is 10.3. The van der Waals surface area contributed by atoms with Crippen LogP contribution < -0.4 is 9.44 Å². The number of alkyl halides is 6. The van der Waals surface area contributed by atoms with Crippen LogP contribution in [0, 0.1) is 13.8 Å². The highest BCUT2D eigenvalue weighted by molar-refractivity contribution is 7.90. The molecule has 0 unspecified atom stereocenters. The molecule has 0 fully saturated rings. The van der Waals surface area contributed by atoms with Gasteiger partial charge in [-0.25, -0.2) is 16.8 Å². The summed E-state index contributed by atoms with van der Waals surface area (Å²) >= 11 is 0. The van der Waals surface area contributed by atoms with Crippen LogP contribution in [0.15, 0.2) is 48.5 Å². The Labute approximate surface area is 180 Å². The van der Waals surface area contributed by atoms with Gasteiger partial charge in [0.2, 0.25) is 0 Å². The number of nitrogens with one attached hydrogen (secondary N) is 2. The monoisotopic (exact) mass is 504 g/mol. The lowest BCUT2D eigenvalue weighted by Gasteiger charge is -2.30. The highest BCUT2D eigenvalue weighted by atomic mass is 32.2. The molecule has 32 heavy (non-hydrogen) atoms. The Hall–Kier alpha value is -2.16. The van der Waals surface area contributed by atoms with Crippen LogP contribution in [0.5, 0.6) is 0 Å². The van der Waals surface area contributed by atoms with Gasteiger partial charge in [0.05, 0.1) is 12.1 Å². The predicted molar refractivity (Wildman–Crippen MR) is 104 cm³/mol. The fraction of sp³-hybridized carbons (Fsp3) is 0.333. The summed E-state index contributed by atoms with van der Waals surface area (Å²) in [5, 5.41) is 0. The maximum atomic E-state index is 13.1. The number of sulfonamides is 2. The third-order valence-corrected chi connectivity index (χ3v) is 6.73. The van der Waals surface area contributed by atoms with Crippen LogP contribution in [0.1, 0.15) is 34.3 Å². The van der Waals surface area contributed by atoms with Crippen molar-refractivity contribution in [3.05, 3.63) is 70.8 Å². The van der Waals surface area contributed by atoms with E-state index in [1.165, 1.54) is 58.0 Å². The van der Waals surface area contributed by atoms with Gasteiger partial charge in [0.15, 0.2) is 0 Å². The van der Waals surface area contributed by atoms with Crippen molar-refractivity contribution in [2.45, 2.75) is 36.9 Å². The average Bonchev–Trinajstić information content (AvgIpc) is 2.64. The minimum Gasteiger partial charge on any atom is -0.203 e. The first-order valence-electron chi connectivity index (χ1n) is 8.75. The molecule has 0 amide bonds. The van der Waals surface area contributed by atoms with Gasteiger partial charge in [0.25, 0.3) is 0 Å². The standard InChI is InChI=1S/C18H18F6N2O4S2/c1-11-3-7-13(8-4-11)15(25-31(27,28)17(19,20)21)16(14-9-5-12(2)6-10-14)26-32(29,30)18(22,23)24/h3-10,15-16,25-26H,1-2H3/t15-,16-/m1/s1. The SMILES string of the molecule is Cc1ccc([C@@H](NS(=O)(=O)C(F)(F)F)[C@H](NS(=O)(=O)C(F)(F)F)c2ccc(C)cc2)cc1. The number of rotatable bonds is 7. The van der Waals surface area contributed by atoms with Gasteiger partial charge >= 0.3 is 31.1 Å². The van der Waals surface area contributed by atoms with Gasteiger partial charge in [-0.05, 0) is 25.0 Å². The zero-order valence-corrected chi connectivity index (χ0v) is 18.1. The van der Waals surface area contributed by atoms with E-state index in [0.717, 1.165) is 0 Å². The second-order valence-electron chi connectivity index (χ2n) is 6.91. The zero-order chi connectivity index (χ0) is 24.5. The van der Waals surface area contributed by atoms with Crippen LogP contribution in [-0.4, -0.2) is 27.9 Å². The van der Waals surface area contributed by atoms with Crippen LogP contribution >= 0.6 is 0 Å². The second kappa shape index (κ2) is 9.00. The van der Waals surface area contributed by atoms with Gasteiger partial charge in [-0.2, -0.15) is 35.8 Å². The molecule has 0 radical (unpaired) electrons. The third-order valence-electron chi connectivity index (χ3n) is 4.38. The van der Waals surface area contributed by atoms with Crippen LogP contribution in [0.25, 0.3) is 0 Å². The largest absolute Gasteiger partial charge is 0.511 e. The van der Waals surface area contributed by atoms with Crippen molar-refractivity contribution in [2.24, 2.45) is 0 Å². The van der Waals surface area contributed by atoms with Gasteiger partial charge in [-0.15, -0.1) is 0 Å². The predicted octanol–water partition coefficient (Wildman–Crippen LogP) is 3.96. The van der Waals surface area contributed by atoms with Crippen LogP contribution in [-0.2, 0) is 20.0 Å². The molecule has 2 aromatic rings. The first-order valence-corrected chi connectivity index (χ1v) is 11.7. The Morgan fingerprint density at radius 1 is 0.594 bits per heavy atom. The van der Waals surface area contributed by atoms with Crippen molar-refractivity contribution in [1.29, 1.82) is 0 Å². The maximum absolute atomic E-state index is 13.1. The Balaban J connectivity index is 2.72. The lowest BCUT2D eigenvalue weighted by molar-refractivity contribution is -0.0465. The van der Waals surface area contributed by atoms with E-state index in [9.17, 15) is 43.2 Å². The molecule has 0 aliphatic heterocycles. The molecule has 6 nitrogen and oxygen atoms in total. The molecule has 0 saturated carbocycles. The van der Waals surface area contributed by atoms with E-state index in [4.69, 9.17) is 0 Å². The summed E-state index contributed by atoms with van der Waals surface area (Å²) in [6.45, 7) is 3.23. The van der Waals surface area contributed by atoms with Crippen molar-refractivity contribution >= 4 is 20.0 Å². The summed E-state index contributed by atoms with van der Waals surface area (Å²) < 4.78 is 128. The van der Waals surface area contributed by atoms with E-state index < -0.39 is 43.1 Å². The molecule has 0 saturated heterocycles. The molecular formula is C18H18F6N2O4S2. The Morgan fingerprint density at radius 2 is 0.844 bits per heavy atom. The van der Waals surface area contributed by atoms with E-state index in [1.54, 1.807) is 13.8 Å². The summed E-state index contributed by atoms with van der Waals surface area (Å²) in [6, 6.07) is 6.13. The Bertz CT molecular complexity index is 1050. The summed E-state index contributed by atoms with van der Waals surface area (Å²) in [7, 11) is -12.1. The van der Waals surface area contributed by atoms with Crippen LogP contribution in [0.4, 0.5) is 26.3 Å². The molecular weight excluding hydrogens is 486 g/mol. The molecule has 0 bridgehead atoms. The number of hydrogen-bond donors (Lipinski definition) is 2.